The van der Waals surface area contributed by atoms with Crippen LogP contribution >= 0.6 is 34.2 Å². The molecule has 2 unspecified atom stereocenters. The lowest BCUT2D eigenvalue weighted by atomic mass is 10.2. The van der Waals surface area contributed by atoms with Crippen molar-refractivity contribution in [1.82, 2.24) is 0 Å². The van der Waals surface area contributed by atoms with Crippen molar-refractivity contribution >= 4 is 87.6 Å². The largest absolute Gasteiger partial charge is 0.481 e. The van der Waals surface area contributed by atoms with E-state index in [1.54, 1.807) is 0 Å². The Kier molecular flexibility index (Phi) is 36.3. The van der Waals surface area contributed by atoms with Crippen LogP contribution in [0.4, 0.5) is 0 Å². The third-order valence-corrected chi connectivity index (χ3v) is 6.27. The van der Waals surface area contributed by atoms with E-state index in [-0.39, 0.29) is 35.9 Å². The van der Waals surface area contributed by atoms with Gasteiger partial charge >= 0.3 is 41.8 Å². The van der Waals surface area contributed by atoms with E-state index in [4.69, 9.17) is 58.1 Å². The number of carboxylic acids is 7. The van der Waals surface area contributed by atoms with Crippen molar-refractivity contribution in [2.75, 3.05) is 17.3 Å². The Morgan fingerprint density at radius 3 is 1.16 bits per heavy atom. The predicted molar refractivity (Wildman–Crippen MR) is 162 cm³/mol. The van der Waals surface area contributed by atoms with Gasteiger partial charge in [-0.2, -0.15) is 12.6 Å². The molecule has 0 aliphatic rings. The topological polar surface area (TPSA) is 394 Å². The lowest BCUT2D eigenvalue weighted by Gasteiger charge is -2.07. The third-order valence-electron chi connectivity index (χ3n) is 3.40. The van der Waals surface area contributed by atoms with E-state index in [1.165, 1.54) is 35.4 Å². The molecule has 14 N–H and O–H groups in total. The number of carboxylic acid groups (broad SMARTS) is 7. The van der Waals surface area contributed by atoms with Crippen molar-refractivity contribution in [3.8, 4) is 0 Å². The molecule has 0 radical (unpaired) electrons. The Balaban J connectivity index is -0.000000153. The maximum Gasteiger partial charge on any atom is 0.372 e. The van der Waals surface area contributed by atoms with Crippen LogP contribution in [0.1, 0.15) is 39.5 Å². The second kappa shape index (κ2) is 31.9. The molecular weight excluding hydrogens is 674 g/mol. The Bertz CT molecular complexity index is 932. The van der Waals surface area contributed by atoms with Crippen LogP contribution in [0.15, 0.2) is 0 Å². The number of carbonyl (C=O) groups is 9. The van der Waals surface area contributed by atoms with Crippen LogP contribution in [0.5, 0.6) is 0 Å². The molecule has 0 aliphatic carbocycles. The first-order valence-electron chi connectivity index (χ1n) is 11.8. The number of hydrogen-bond acceptors (Lipinski definition) is 16. The van der Waals surface area contributed by atoms with E-state index in [1.807, 2.05) is 0 Å². The molecule has 0 aromatic rings. The summed E-state index contributed by atoms with van der Waals surface area (Å²) in [6.45, 7) is 2.68. The van der Waals surface area contributed by atoms with Crippen LogP contribution in [0, 0.1) is 0 Å². The van der Waals surface area contributed by atoms with Gasteiger partial charge in [-0.15, -0.1) is 0 Å². The van der Waals surface area contributed by atoms with Gasteiger partial charge in [0.05, 0.1) is 18.9 Å². The van der Waals surface area contributed by atoms with E-state index in [0.29, 0.717) is 0 Å². The van der Waals surface area contributed by atoms with Gasteiger partial charge in [0.1, 0.15) is 30.3 Å². The van der Waals surface area contributed by atoms with Gasteiger partial charge in [-0.1, -0.05) is 21.6 Å². The number of nitrogens with two attached hydrogens (primary N) is 3. The van der Waals surface area contributed by atoms with Crippen LogP contribution < -0.4 is 17.2 Å². The Labute approximate surface area is 269 Å². The van der Waals surface area contributed by atoms with Crippen LogP contribution in [-0.4, -0.2) is 136 Å². The highest BCUT2D eigenvalue weighted by Gasteiger charge is 2.14. The second-order valence-corrected chi connectivity index (χ2v) is 10.8. The zero-order chi connectivity index (χ0) is 36.9. The third kappa shape index (κ3) is 50.5. The SMILES string of the molecule is CC(=O)CC(=O)O.CC(O)CC(=O)O.NC(CSSC[C@H](N)C(=O)O)C(=O)O.N[C@@H](CS)C(=O)O.O=C(O)CCC(=O)C(=O)O. The van der Waals surface area contributed by atoms with Crippen LogP contribution in [0.25, 0.3) is 0 Å². The van der Waals surface area contributed by atoms with Gasteiger partial charge in [0.15, 0.2) is 0 Å². The molecule has 262 valence electrons. The molecule has 0 aliphatic heterocycles. The molecule has 23 heteroatoms. The van der Waals surface area contributed by atoms with Crippen LogP contribution in [0.3, 0.4) is 0 Å². The molecule has 45 heavy (non-hydrogen) atoms. The first-order chi connectivity index (χ1) is 20.4. The fraction of sp³-hybridized carbons (Fsp3) is 0.591. The van der Waals surface area contributed by atoms with E-state index < -0.39 is 84.6 Å². The van der Waals surface area contributed by atoms with Gasteiger partial charge in [-0.3, -0.25) is 38.4 Å². The quantitative estimate of drug-likeness (QED) is 0.0253. The summed E-state index contributed by atoms with van der Waals surface area (Å²) in [5, 5.41) is 64.9. The number of aliphatic hydroxyl groups excluding tert-OH is 1. The zero-order valence-corrected chi connectivity index (χ0v) is 26.5. The minimum atomic E-state index is -1.58. The molecular formula is C22H39N3O17S3. The second-order valence-electron chi connectivity index (χ2n) is 7.93. The number of ketones is 2. The Hall–Kier alpha value is -3.48. The van der Waals surface area contributed by atoms with Crippen molar-refractivity contribution in [2.45, 2.75) is 63.8 Å². The fourth-order valence-corrected chi connectivity index (χ4v) is 3.64. The van der Waals surface area contributed by atoms with Crippen molar-refractivity contribution < 1.29 is 84.0 Å². The molecule has 0 amide bonds. The Morgan fingerprint density at radius 2 is 1.02 bits per heavy atom. The lowest BCUT2D eigenvalue weighted by molar-refractivity contribution is -0.150. The summed E-state index contributed by atoms with van der Waals surface area (Å²) < 4.78 is 0. The summed E-state index contributed by atoms with van der Waals surface area (Å²) >= 11 is 3.65. The molecule has 0 fully saturated rings. The van der Waals surface area contributed by atoms with E-state index in [9.17, 15) is 43.2 Å². The van der Waals surface area contributed by atoms with Gasteiger partial charge in [0.25, 0.3) is 0 Å². The predicted octanol–water partition coefficient (Wildman–Crippen LogP) is -2.08. The standard InChI is InChI=1S/C6H12N2O4S2.C5H6O5.C4H8O3.C4H6O3.C3H7NO2S/c7-3(5(9)10)1-13-14-2-4(8)6(11)12;6-3(5(9)10)1-2-4(7)8;2*1-3(5)2-4(6)7;4-2(1-7)3(5)6/h3-4H,1-2,7-8H2,(H,9,10)(H,11,12);1-2H2,(H,7,8)(H,9,10);3,5H,2H2,1H3,(H,6,7);2H2,1H3,(H,6,7);2,7H,1,4H2,(H,5,6)/t3-,4?;;;;2-/m0...0/s1. The maximum atomic E-state index is 10.3. The first-order valence-corrected chi connectivity index (χ1v) is 14.9. The highest BCUT2D eigenvalue weighted by Crippen LogP contribution is 2.22. The molecule has 0 bridgehead atoms. The number of rotatable bonds is 17. The number of hydrogen-bond donors (Lipinski definition) is 12. The van der Waals surface area contributed by atoms with Crippen molar-refractivity contribution in [3.05, 3.63) is 0 Å². The smallest absolute Gasteiger partial charge is 0.372 e. The first kappa shape index (κ1) is 51.1. The molecule has 0 aromatic carbocycles. The molecule has 0 heterocycles. The van der Waals surface area contributed by atoms with Crippen LogP contribution in [-0.2, 0) is 43.2 Å². The van der Waals surface area contributed by atoms with E-state index in [0.717, 1.165) is 0 Å². The number of Topliss-reactive ketones (excluding diaryl/α,β-unsaturated/α-hetero) is 2. The normalized spacial score (nSPS) is 12.0. The summed E-state index contributed by atoms with van der Waals surface area (Å²) in [6, 6.07) is -2.66. The molecule has 4 atom stereocenters. The monoisotopic (exact) mass is 713 g/mol. The summed E-state index contributed by atoms with van der Waals surface area (Å²) in [7, 11) is 2.41. The van der Waals surface area contributed by atoms with Crippen molar-refractivity contribution in [1.29, 1.82) is 0 Å². The summed E-state index contributed by atoms with van der Waals surface area (Å²) in [5.74, 6) is -8.65. The molecule has 0 rings (SSSR count). The molecule has 0 spiro atoms. The van der Waals surface area contributed by atoms with Gasteiger partial charge in [0.2, 0.25) is 5.78 Å². The number of aliphatic hydroxyl groups is 1. The van der Waals surface area contributed by atoms with Gasteiger partial charge in [0, 0.05) is 23.7 Å². The number of carbonyl (C=O) groups excluding carboxylic acids is 2. The van der Waals surface area contributed by atoms with Crippen LogP contribution in [0.2, 0.25) is 0 Å². The maximum absolute atomic E-state index is 10.3. The van der Waals surface area contributed by atoms with E-state index in [2.05, 4.69) is 12.6 Å². The van der Waals surface area contributed by atoms with Crippen molar-refractivity contribution in [2.24, 2.45) is 17.2 Å². The average Bonchev–Trinajstić information content (AvgIpc) is 2.88. The molecule has 0 saturated carbocycles. The Morgan fingerprint density at radius 1 is 0.644 bits per heavy atom. The average molecular weight is 714 g/mol. The molecule has 0 aromatic heterocycles. The lowest BCUT2D eigenvalue weighted by Crippen LogP contribution is -2.33. The van der Waals surface area contributed by atoms with Gasteiger partial charge in [-0.05, 0) is 13.8 Å². The molecule has 0 saturated heterocycles. The van der Waals surface area contributed by atoms with Crippen molar-refractivity contribution in [3.63, 3.8) is 0 Å². The number of thiol groups is 1. The van der Waals surface area contributed by atoms with Gasteiger partial charge < -0.3 is 58.1 Å². The molecule has 20 nitrogen and oxygen atoms in total. The highest BCUT2D eigenvalue weighted by atomic mass is 33.1. The summed E-state index contributed by atoms with van der Waals surface area (Å²) in [6.07, 6.45) is -2.12. The fourth-order valence-electron chi connectivity index (χ4n) is 1.26. The number of aliphatic carboxylic acids is 7. The minimum Gasteiger partial charge on any atom is -0.481 e. The zero-order valence-electron chi connectivity index (χ0n) is 24.0. The van der Waals surface area contributed by atoms with E-state index >= 15 is 0 Å². The summed E-state index contributed by atoms with van der Waals surface area (Å²) in [4.78, 5) is 89.1. The highest BCUT2D eigenvalue weighted by molar-refractivity contribution is 8.76. The minimum absolute atomic E-state index is 0.167. The summed E-state index contributed by atoms with van der Waals surface area (Å²) in [5.41, 5.74) is 15.4. The van der Waals surface area contributed by atoms with Gasteiger partial charge in [-0.25, -0.2) is 4.79 Å².